The third-order valence-corrected chi connectivity index (χ3v) is 5.70. The molecule has 0 radical (unpaired) electrons. The van der Waals surface area contributed by atoms with Gasteiger partial charge in [-0.1, -0.05) is 27.7 Å². The molecule has 0 atom stereocenters. The Morgan fingerprint density at radius 3 is 2.29 bits per heavy atom. The Morgan fingerprint density at radius 2 is 1.79 bits per heavy atom. The zero-order valence-electron chi connectivity index (χ0n) is 15.0. The van der Waals surface area contributed by atoms with Crippen LogP contribution in [-0.4, -0.2) is 54.8 Å². The highest BCUT2D eigenvalue weighted by atomic mass is 32.2. The first kappa shape index (κ1) is 20.4. The molecule has 1 aromatic rings. The molecule has 0 saturated carbocycles. The van der Waals surface area contributed by atoms with Crippen molar-refractivity contribution in [2.45, 2.75) is 39.1 Å². The van der Waals surface area contributed by atoms with Crippen LogP contribution in [0.3, 0.4) is 0 Å². The maximum absolute atomic E-state index is 12.5. The smallest absolute Gasteiger partial charge is 0.251 e. The normalized spacial score (nSPS) is 12.0. The standard InChI is InChI=1S/C16H27N3O4S/c1-6-19(7-2)24(22,23)14-8-9-15(20)18(11-14)12-16(21)17(5)10-13(3)4/h8-9,11,13H,6-7,10,12H2,1-5H3. The van der Waals surface area contributed by atoms with Crippen LogP contribution in [0.25, 0.3) is 0 Å². The van der Waals surface area contributed by atoms with Gasteiger partial charge < -0.3 is 9.47 Å². The molecule has 1 rings (SSSR count). The van der Waals surface area contributed by atoms with Crippen molar-refractivity contribution in [1.82, 2.24) is 13.8 Å². The number of rotatable bonds is 8. The lowest BCUT2D eigenvalue weighted by Gasteiger charge is -2.21. The minimum absolute atomic E-state index is 0.0186. The van der Waals surface area contributed by atoms with Crippen molar-refractivity contribution in [3.8, 4) is 0 Å². The lowest BCUT2D eigenvalue weighted by molar-refractivity contribution is -0.131. The quantitative estimate of drug-likeness (QED) is 0.695. The van der Waals surface area contributed by atoms with Gasteiger partial charge in [-0.2, -0.15) is 4.31 Å². The van der Waals surface area contributed by atoms with E-state index < -0.39 is 15.6 Å². The largest absolute Gasteiger partial charge is 0.344 e. The fraction of sp³-hybridized carbons (Fsp3) is 0.625. The summed E-state index contributed by atoms with van der Waals surface area (Å²) in [5.74, 6) is 0.0771. The summed E-state index contributed by atoms with van der Waals surface area (Å²) >= 11 is 0. The molecule has 0 aliphatic rings. The van der Waals surface area contributed by atoms with Crippen molar-refractivity contribution < 1.29 is 13.2 Å². The number of carbonyl (C=O) groups excluding carboxylic acids is 1. The molecule has 0 bridgehead atoms. The van der Waals surface area contributed by atoms with Gasteiger partial charge in [-0.25, -0.2) is 8.42 Å². The summed E-state index contributed by atoms with van der Waals surface area (Å²) in [5.41, 5.74) is -0.403. The minimum Gasteiger partial charge on any atom is -0.344 e. The summed E-state index contributed by atoms with van der Waals surface area (Å²) in [7, 11) is -2.00. The third-order valence-electron chi connectivity index (χ3n) is 3.67. The lowest BCUT2D eigenvalue weighted by atomic mass is 10.2. The number of carbonyl (C=O) groups is 1. The van der Waals surface area contributed by atoms with Crippen molar-refractivity contribution >= 4 is 15.9 Å². The highest BCUT2D eigenvalue weighted by molar-refractivity contribution is 7.89. The minimum atomic E-state index is -3.67. The van der Waals surface area contributed by atoms with Crippen molar-refractivity contribution in [1.29, 1.82) is 0 Å². The molecule has 0 saturated heterocycles. The van der Waals surface area contributed by atoms with Crippen molar-refractivity contribution in [3.05, 3.63) is 28.7 Å². The fourth-order valence-corrected chi connectivity index (χ4v) is 3.89. The molecule has 0 aliphatic carbocycles. The molecule has 24 heavy (non-hydrogen) atoms. The van der Waals surface area contributed by atoms with E-state index in [2.05, 4.69) is 0 Å². The summed E-state index contributed by atoms with van der Waals surface area (Å²) < 4.78 is 27.5. The molecule has 7 nitrogen and oxygen atoms in total. The summed E-state index contributed by atoms with van der Waals surface area (Å²) in [6, 6.07) is 2.47. The van der Waals surface area contributed by atoms with Crippen LogP contribution in [0.1, 0.15) is 27.7 Å². The van der Waals surface area contributed by atoms with Gasteiger partial charge in [0.2, 0.25) is 15.9 Å². The second kappa shape index (κ2) is 8.43. The predicted octanol–water partition coefficient (Wildman–Crippen LogP) is 0.993. The van der Waals surface area contributed by atoms with E-state index in [1.165, 1.54) is 22.6 Å². The number of aromatic nitrogens is 1. The van der Waals surface area contributed by atoms with Crippen molar-refractivity contribution in [2.24, 2.45) is 5.92 Å². The number of amides is 1. The number of likely N-dealkylation sites (N-methyl/N-ethyl adjacent to an activating group) is 1. The number of hydrogen-bond acceptors (Lipinski definition) is 4. The molecule has 0 aromatic carbocycles. The summed E-state index contributed by atoms with van der Waals surface area (Å²) in [6.45, 7) is 8.57. The molecule has 1 heterocycles. The van der Waals surface area contributed by atoms with Crippen molar-refractivity contribution in [3.63, 3.8) is 0 Å². The van der Waals surface area contributed by atoms with Gasteiger partial charge in [-0.05, 0) is 12.0 Å². The van der Waals surface area contributed by atoms with Crippen LogP contribution in [0.5, 0.6) is 0 Å². The average Bonchev–Trinajstić information content (AvgIpc) is 2.49. The zero-order chi connectivity index (χ0) is 18.5. The number of sulfonamides is 1. The first-order chi connectivity index (χ1) is 11.1. The van der Waals surface area contributed by atoms with E-state index in [0.717, 1.165) is 4.57 Å². The molecule has 8 heteroatoms. The van der Waals surface area contributed by atoms with E-state index >= 15 is 0 Å². The second-order valence-corrected chi connectivity index (χ2v) is 8.03. The van der Waals surface area contributed by atoms with E-state index in [9.17, 15) is 18.0 Å². The van der Waals surface area contributed by atoms with E-state index in [1.54, 1.807) is 25.8 Å². The number of hydrogen-bond donors (Lipinski definition) is 0. The molecule has 0 spiro atoms. The highest BCUT2D eigenvalue weighted by Gasteiger charge is 2.23. The lowest BCUT2D eigenvalue weighted by Crippen LogP contribution is -2.36. The summed E-state index contributed by atoms with van der Waals surface area (Å²) in [4.78, 5) is 25.7. The number of pyridine rings is 1. The van der Waals surface area contributed by atoms with Crippen LogP contribution in [-0.2, 0) is 21.4 Å². The van der Waals surface area contributed by atoms with Gasteiger partial charge >= 0.3 is 0 Å². The van der Waals surface area contributed by atoms with Crippen LogP contribution in [0, 0.1) is 5.92 Å². The summed E-state index contributed by atoms with van der Waals surface area (Å²) in [5, 5.41) is 0. The molecule has 0 aliphatic heterocycles. The van der Waals surface area contributed by atoms with E-state index in [0.29, 0.717) is 25.6 Å². The Labute approximate surface area is 143 Å². The van der Waals surface area contributed by atoms with Crippen LogP contribution in [0.15, 0.2) is 28.0 Å². The Kier molecular flexibility index (Phi) is 7.16. The first-order valence-corrected chi connectivity index (χ1v) is 9.52. The van der Waals surface area contributed by atoms with Crippen LogP contribution < -0.4 is 5.56 Å². The SMILES string of the molecule is CCN(CC)S(=O)(=O)c1ccc(=O)n(CC(=O)N(C)CC(C)C)c1. The van der Waals surface area contributed by atoms with Gasteiger partial charge in [-0.3, -0.25) is 9.59 Å². The van der Waals surface area contributed by atoms with Crippen molar-refractivity contribution in [2.75, 3.05) is 26.7 Å². The first-order valence-electron chi connectivity index (χ1n) is 8.08. The van der Waals surface area contributed by atoms with Crippen LogP contribution >= 0.6 is 0 Å². The highest BCUT2D eigenvalue weighted by Crippen LogP contribution is 2.13. The zero-order valence-corrected chi connectivity index (χ0v) is 15.8. The van der Waals surface area contributed by atoms with E-state index in [-0.39, 0.29) is 17.3 Å². The van der Waals surface area contributed by atoms with Gasteiger partial charge in [0.1, 0.15) is 6.54 Å². The molecule has 136 valence electrons. The van der Waals surface area contributed by atoms with Gasteiger partial charge in [0, 0.05) is 38.9 Å². The molecular formula is C16H27N3O4S. The average molecular weight is 357 g/mol. The third kappa shape index (κ3) is 4.91. The Hall–Kier alpha value is -1.67. The van der Waals surface area contributed by atoms with E-state index in [1.807, 2.05) is 13.8 Å². The molecule has 0 N–H and O–H groups in total. The number of nitrogens with zero attached hydrogens (tertiary/aromatic N) is 3. The van der Waals surface area contributed by atoms with E-state index in [4.69, 9.17) is 0 Å². The van der Waals surface area contributed by atoms with Crippen LogP contribution in [0.2, 0.25) is 0 Å². The molecule has 1 amide bonds. The summed E-state index contributed by atoms with van der Waals surface area (Å²) in [6.07, 6.45) is 1.25. The van der Waals surface area contributed by atoms with Crippen LogP contribution in [0.4, 0.5) is 0 Å². The van der Waals surface area contributed by atoms with Gasteiger partial charge in [0.05, 0.1) is 4.90 Å². The molecular weight excluding hydrogens is 330 g/mol. The fourth-order valence-electron chi connectivity index (χ4n) is 2.41. The van der Waals surface area contributed by atoms with Gasteiger partial charge in [0.25, 0.3) is 5.56 Å². The maximum Gasteiger partial charge on any atom is 0.251 e. The Bertz CT molecular complexity index is 721. The predicted molar refractivity (Wildman–Crippen MR) is 93.3 cm³/mol. The molecule has 0 unspecified atom stereocenters. The second-order valence-electron chi connectivity index (χ2n) is 6.09. The Balaban J connectivity index is 3.11. The monoisotopic (exact) mass is 357 g/mol. The Morgan fingerprint density at radius 1 is 1.21 bits per heavy atom. The molecule has 1 aromatic heterocycles. The molecule has 0 fully saturated rings. The van der Waals surface area contributed by atoms with Gasteiger partial charge in [0.15, 0.2) is 0 Å². The maximum atomic E-state index is 12.5. The van der Waals surface area contributed by atoms with Gasteiger partial charge in [-0.15, -0.1) is 0 Å². The topological polar surface area (TPSA) is 79.7 Å².